The second-order valence-electron chi connectivity index (χ2n) is 3.67. The number of benzene rings is 2. The van der Waals surface area contributed by atoms with Crippen molar-refractivity contribution in [2.24, 2.45) is 9.98 Å². The van der Waals surface area contributed by atoms with Crippen LogP contribution in [0.5, 0.6) is 0 Å². The summed E-state index contributed by atoms with van der Waals surface area (Å²) in [5.74, 6) is 0. The van der Waals surface area contributed by atoms with Crippen molar-refractivity contribution in [1.82, 2.24) is 0 Å². The van der Waals surface area contributed by atoms with Gasteiger partial charge in [-0.3, -0.25) is 9.98 Å². The van der Waals surface area contributed by atoms with E-state index in [9.17, 15) is 0 Å². The molecule has 0 bridgehead atoms. The lowest BCUT2D eigenvalue weighted by molar-refractivity contribution is 1.49. The van der Waals surface area contributed by atoms with E-state index in [1.165, 1.54) is 0 Å². The molecule has 2 nitrogen and oxygen atoms in total. The largest absolute Gasteiger partial charge is 0.260 e. The molecule has 90 valence electrons. The topological polar surface area (TPSA) is 24.7 Å². The third kappa shape index (κ3) is 4.26. The summed E-state index contributed by atoms with van der Waals surface area (Å²) in [6.07, 6.45) is 3.64. The molecular weight excluding hydrogens is 288 g/mol. The van der Waals surface area contributed by atoms with E-state index >= 15 is 0 Å². The van der Waals surface area contributed by atoms with Crippen LogP contribution in [0.2, 0.25) is 0 Å². The van der Waals surface area contributed by atoms with Gasteiger partial charge in [-0.2, -0.15) is 0 Å². The van der Waals surface area contributed by atoms with Crippen molar-refractivity contribution in [3.05, 3.63) is 60.7 Å². The highest BCUT2D eigenvalue weighted by Gasteiger charge is 1.94. The van der Waals surface area contributed by atoms with Gasteiger partial charge in [0.05, 0.1) is 16.2 Å². The smallest absolute Gasteiger partial charge is 0.0850 e. The zero-order valence-corrected chi connectivity index (χ0v) is 11.4. The van der Waals surface area contributed by atoms with E-state index in [0.29, 0.717) is 0 Å². The fourth-order valence-corrected chi connectivity index (χ4v) is 1.62. The molecule has 0 fully saturated rings. The van der Waals surface area contributed by atoms with Gasteiger partial charge in [-0.25, -0.2) is 0 Å². The molecule has 0 amide bonds. The molecule has 0 saturated heterocycles. The van der Waals surface area contributed by atoms with Gasteiger partial charge in [-0.1, -0.05) is 52.3 Å². The van der Waals surface area contributed by atoms with Gasteiger partial charge in [0.2, 0.25) is 0 Å². The molecular formula is C15H13BrN2. The molecule has 0 aliphatic rings. The van der Waals surface area contributed by atoms with E-state index in [-0.39, 0.29) is 4.83 Å². The minimum absolute atomic E-state index is 0.0258. The predicted octanol–water partition coefficient (Wildman–Crippen LogP) is 4.55. The van der Waals surface area contributed by atoms with Gasteiger partial charge < -0.3 is 0 Å². The lowest BCUT2D eigenvalue weighted by Gasteiger charge is -1.96. The zero-order chi connectivity index (χ0) is 12.6. The Morgan fingerprint density at radius 2 is 1.11 bits per heavy atom. The molecule has 0 aliphatic carbocycles. The van der Waals surface area contributed by atoms with Gasteiger partial charge in [-0.05, 0) is 24.3 Å². The molecule has 2 aromatic rings. The molecule has 0 spiro atoms. The Morgan fingerprint density at radius 3 is 1.50 bits per heavy atom. The number of para-hydroxylation sites is 2. The maximum Gasteiger partial charge on any atom is 0.0850 e. The molecule has 0 aromatic heterocycles. The molecule has 0 N–H and O–H groups in total. The van der Waals surface area contributed by atoms with Crippen molar-refractivity contribution in [2.75, 3.05) is 0 Å². The van der Waals surface area contributed by atoms with Gasteiger partial charge in [-0.15, -0.1) is 0 Å². The highest BCUT2D eigenvalue weighted by atomic mass is 79.9. The summed E-state index contributed by atoms with van der Waals surface area (Å²) >= 11 is 3.49. The second-order valence-corrected chi connectivity index (χ2v) is 4.73. The SMILES string of the molecule is BrC(C=Nc1ccccc1)C=Nc1ccccc1. The van der Waals surface area contributed by atoms with Crippen LogP contribution >= 0.6 is 15.9 Å². The van der Waals surface area contributed by atoms with Gasteiger partial charge >= 0.3 is 0 Å². The van der Waals surface area contributed by atoms with Gasteiger partial charge in [0.25, 0.3) is 0 Å². The first-order valence-corrected chi connectivity index (χ1v) is 6.59. The minimum atomic E-state index is 0.0258. The Labute approximate surface area is 115 Å². The number of hydrogen-bond acceptors (Lipinski definition) is 2. The normalized spacial score (nSPS) is 13.2. The number of hydrogen-bond donors (Lipinski definition) is 0. The standard InChI is InChI=1S/C15H13BrN2/c16-13(11-17-14-7-3-1-4-8-14)12-18-15-9-5-2-6-10-15/h1-13H. The van der Waals surface area contributed by atoms with Crippen molar-refractivity contribution in [1.29, 1.82) is 0 Å². The van der Waals surface area contributed by atoms with E-state index in [2.05, 4.69) is 25.9 Å². The molecule has 18 heavy (non-hydrogen) atoms. The first-order valence-electron chi connectivity index (χ1n) is 5.67. The molecule has 0 atom stereocenters. The van der Waals surface area contributed by atoms with Crippen LogP contribution in [0.3, 0.4) is 0 Å². The van der Waals surface area contributed by atoms with Crippen molar-refractivity contribution in [3.63, 3.8) is 0 Å². The molecule has 2 aromatic carbocycles. The highest BCUT2D eigenvalue weighted by Crippen LogP contribution is 2.11. The van der Waals surface area contributed by atoms with Crippen molar-refractivity contribution in [3.8, 4) is 0 Å². The van der Waals surface area contributed by atoms with E-state index in [1.807, 2.05) is 73.1 Å². The van der Waals surface area contributed by atoms with Crippen LogP contribution in [0.25, 0.3) is 0 Å². The third-order valence-corrected chi connectivity index (χ3v) is 2.72. The highest BCUT2D eigenvalue weighted by molar-refractivity contribution is 9.10. The predicted molar refractivity (Wildman–Crippen MR) is 81.9 cm³/mol. The Bertz CT molecular complexity index is 471. The van der Waals surface area contributed by atoms with E-state index in [0.717, 1.165) is 11.4 Å². The Balaban J connectivity index is 1.95. The zero-order valence-electron chi connectivity index (χ0n) is 9.78. The fourth-order valence-electron chi connectivity index (χ4n) is 1.38. The maximum atomic E-state index is 4.36. The van der Waals surface area contributed by atoms with Crippen molar-refractivity contribution >= 4 is 39.7 Å². The Kier molecular flexibility index (Phi) is 4.85. The van der Waals surface area contributed by atoms with Crippen LogP contribution in [-0.2, 0) is 0 Å². The van der Waals surface area contributed by atoms with E-state index in [1.54, 1.807) is 0 Å². The fraction of sp³-hybridized carbons (Fsp3) is 0.0667. The molecule has 0 aliphatic heterocycles. The van der Waals surface area contributed by atoms with E-state index in [4.69, 9.17) is 0 Å². The molecule has 2 rings (SSSR count). The Morgan fingerprint density at radius 1 is 0.722 bits per heavy atom. The summed E-state index contributed by atoms with van der Waals surface area (Å²) in [4.78, 5) is 8.74. The van der Waals surface area contributed by atoms with Crippen LogP contribution < -0.4 is 0 Å². The number of nitrogens with zero attached hydrogens (tertiary/aromatic N) is 2. The first kappa shape index (κ1) is 12.7. The van der Waals surface area contributed by atoms with Gasteiger partial charge in [0.1, 0.15) is 0 Å². The van der Waals surface area contributed by atoms with Crippen LogP contribution in [0.4, 0.5) is 11.4 Å². The van der Waals surface area contributed by atoms with Gasteiger partial charge in [0.15, 0.2) is 0 Å². The van der Waals surface area contributed by atoms with Crippen molar-refractivity contribution < 1.29 is 0 Å². The van der Waals surface area contributed by atoms with Gasteiger partial charge in [0, 0.05) is 12.4 Å². The lowest BCUT2D eigenvalue weighted by Crippen LogP contribution is -1.99. The summed E-state index contributed by atoms with van der Waals surface area (Å²) < 4.78 is 0. The quantitative estimate of drug-likeness (QED) is 0.584. The molecule has 0 radical (unpaired) electrons. The third-order valence-electron chi connectivity index (χ3n) is 2.24. The molecule has 0 saturated carbocycles. The second kappa shape index (κ2) is 6.87. The lowest BCUT2D eigenvalue weighted by atomic mass is 10.3. The van der Waals surface area contributed by atoms with Crippen LogP contribution in [0.1, 0.15) is 0 Å². The monoisotopic (exact) mass is 300 g/mol. The summed E-state index contributed by atoms with van der Waals surface area (Å²) in [6.45, 7) is 0. The molecule has 3 heteroatoms. The first-order chi connectivity index (χ1) is 8.84. The number of alkyl halides is 1. The summed E-state index contributed by atoms with van der Waals surface area (Å²) in [6, 6.07) is 19.7. The Hall–Kier alpha value is -1.74. The van der Waals surface area contributed by atoms with E-state index < -0.39 is 0 Å². The summed E-state index contributed by atoms with van der Waals surface area (Å²) in [5, 5.41) is 0. The number of rotatable bonds is 4. The van der Waals surface area contributed by atoms with Crippen LogP contribution in [-0.4, -0.2) is 17.3 Å². The number of halogens is 1. The summed E-state index contributed by atoms with van der Waals surface area (Å²) in [7, 11) is 0. The van der Waals surface area contributed by atoms with Crippen molar-refractivity contribution in [2.45, 2.75) is 4.83 Å². The maximum absolute atomic E-state index is 4.36. The molecule has 0 unspecified atom stereocenters. The summed E-state index contributed by atoms with van der Waals surface area (Å²) in [5.41, 5.74) is 1.88. The average molecular weight is 301 g/mol. The van der Waals surface area contributed by atoms with Crippen LogP contribution in [0, 0.1) is 0 Å². The average Bonchev–Trinajstić information content (AvgIpc) is 2.45. The minimum Gasteiger partial charge on any atom is -0.260 e. The van der Waals surface area contributed by atoms with Crippen LogP contribution in [0.15, 0.2) is 70.6 Å². The molecule has 0 heterocycles. The number of aliphatic imine (C=N–C) groups is 2.